The van der Waals surface area contributed by atoms with Crippen molar-refractivity contribution >= 4 is 5.71 Å². The fourth-order valence-corrected chi connectivity index (χ4v) is 2.95. The topological polar surface area (TPSA) is 43.1 Å². The minimum absolute atomic E-state index is 0.317. The number of halogens is 1. The number of aromatic nitrogens is 3. The van der Waals surface area contributed by atoms with Crippen molar-refractivity contribution in [3.05, 3.63) is 76.6 Å². The SMILES string of the molecule is C#Cc1ccc2c(c1)C(c1ccccc1F)=NCc1nnc(C)n1-2. The Hall–Kier alpha value is -3.26. The summed E-state index contributed by atoms with van der Waals surface area (Å²) in [5.41, 5.74) is 3.37. The normalized spacial score (nSPS) is 12.6. The van der Waals surface area contributed by atoms with Crippen molar-refractivity contribution in [2.45, 2.75) is 13.5 Å². The molecule has 0 unspecified atom stereocenters. The van der Waals surface area contributed by atoms with Gasteiger partial charge in [-0.3, -0.25) is 9.56 Å². The minimum Gasteiger partial charge on any atom is -0.281 e. The first-order chi connectivity index (χ1) is 11.7. The first-order valence-electron chi connectivity index (χ1n) is 7.50. The van der Waals surface area contributed by atoms with Gasteiger partial charge in [0, 0.05) is 16.7 Å². The maximum absolute atomic E-state index is 14.4. The van der Waals surface area contributed by atoms with Crippen molar-refractivity contribution in [3.8, 4) is 18.0 Å². The molecule has 5 heteroatoms. The molecular weight excluding hydrogens is 303 g/mol. The number of aryl methyl sites for hydroxylation is 1. The molecule has 4 rings (SSSR count). The summed E-state index contributed by atoms with van der Waals surface area (Å²) in [6.45, 7) is 2.20. The maximum atomic E-state index is 14.4. The predicted octanol–water partition coefficient (Wildman–Crippen LogP) is 3.05. The van der Waals surface area contributed by atoms with E-state index in [0.717, 1.165) is 17.1 Å². The summed E-state index contributed by atoms with van der Waals surface area (Å²) in [5, 5.41) is 8.31. The highest BCUT2D eigenvalue weighted by Gasteiger charge is 2.23. The molecule has 1 aromatic heterocycles. The Kier molecular flexibility index (Phi) is 3.24. The van der Waals surface area contributed by atoms with Crippen LogP contribution in [-0.2, 0) is 6.54 Å². The van der Waals surface area contributed by atoms with Crippen molar-refractivity contribution in [3.63, 3.8) is 0 Å². The van der Waals surface area contributed by atoms with Gasteiger partial charge in [-0.1, -0.05) is 18.1 Å². The molecule has 0 saturated carbocycles. The number of hydrogen-bond acceptors (Lipinski definition) is 3. The van der Waals surface area contributed by atoms with Gasteiger partial charge < -0.3 is 0 Å². The van der Waals surface area contributed by atoms with Crippen molar-refractivity contribution in [2.24, 2.45) is 4.99 Å². The maximum Gasteiger partial charge on any atom is 0.159 e. The van der Waals surface area contributed by atoms with E-state index in [0.29, 0.717) is 29.2 Å². The van der Waals surface area contributed by atoms with Crippen molar-refractivity contribution in [1.29, 1.82) is 0 Å². The van der Waals surface area contributed by atoms with Gasteiger partial charge in [0.2, 0.25) is 0 Å². The van der Waals surface area contributed by atoms with E-state index >= 15 is 0 Å². The Morgan fingerprint density at radius 3 is 2.75 bits per heavy atom. The van der Waals surface area contributed by atoms with Gasteiger partial charge in [0.1, 0.15) is 18.2 Å². The summed E-state index contributed by atoms with van der Waals surface area (Å²) in [4.78, 5) is 4.61. The van der Waals surface area contributed by atoms with Gasteiger partial charge in [0.05, 0.1) is 11.4 Å². The summed E-state index contributed by atoms with van der Waals surface area (Å²) in [6, 6.07) is 12.2. The molecule has 0 aliphatic carbocycles. The highest BCUT2D eigenvalue weighted by molar-refractivity contribution is 6.15. The van der Waals surface area contributed by atoms with Crippen molar-refractivity contribution in [2.75, 3.05) is 0 Å². The number of fused-ring (bicyclic) bond motifs is 3. The third kappa shape index (κ3) is 2.12. The predicted molar refractivity (Wildman–Crippen MR) is 89.8 cm³/mol. The van der Waals surface area contributed by atoms with Crippen LogP contribution >= 0.6 is 0 Å². The first kappa shape index (κ1) is 14.3. The fraction of sp³-hybridized carbons (Fsp3) is 0.105. The van der Waals surface area contributed by atoms with E-state index in [2.05, 4.69) is 21.1 Å². The molecule has 2 aromatic carbocycles. The molecular formula is C19H13FN4. The highest BCUT2D eigenvalue weighted by atomic mass is 19.1. The molecule has 3 aromatic rings. The molecule has 116 valence electrons. The summed E-state index contributed by atoms with van der Waals surface area (Å²) in [7, 11) is 0. The summed E-state index contributed by atoms with van der Waals surface area (Å²) >= 11 is 0. The van der Waals surface area contributed by atoms with Crippen molar-refractivity contribution in [1.82, 2.24) is 14.8 Å². The van der Waals surface area contributed by atoms with Crippen LogP contribution in [0.25, 0.3) is 5.69 Å². The lowest BCUT2D eigenvalue weighted by molar-refractivity contribution is 0.625. The lowest BCUT2D eigenvalue weighted by Crippen LogP contribution is -2.10. The van der Waals surface area contributed by atoms with E-state index in [4.69, 9.17) is 6.42 Å². The second-order valence-electron chi connectivity index (χ2n) is 5.52. The first-order valence-corrected chi connectivity index (χ1v) is 7.50. The Bertz CT molecular complexity index is 1020. The van der Waals surface area contributed by atoms with E-state index < -0.39 is 0 Å². The lowest BCUT2D eigenvalue weighted by atomic mass is 9.98. The minimum atomic E-state index is -0.317. The molecule has 0 saturated heterocycles. The summed E-state index contributed by atoms with van der Waals surface area (Å²) in [6.07, 6.45) is 5.55. The largest absolute Gasteiger partial charge is 0.281 e. The Labute approximate surface area is 138 Å². The van der Waals surface area contributed by atoms with Crippen LogP contribution in [0.4, 0.5) is 4.39 Å². The van der Waals surface area contributed by atoms with Crippen molar-refractivity contribution < 1.29 is 4.39 Å². The molecule has 0 radical (unpaired) electrons. The average molecular weight is 316 g/mol. The van der Waals surface area contributed by atoms with Crippen LogP contribution in [0, 0.1) is 25.1 Å². The molecule has 0 bridgehead atoms. The lowest BCUT2D eigenvalue weighted by Gasteiger charge is -2.13. The molecule has 1 aliphatic heterocycles. The third-order valence-corrected chi connectivity index (χ3v) is 4.06. The number of aliphatic imine (C=N–C) groups is 1. The number of nitrogens with zero attached hydrogens (tertiary/aromatic N) is 4. The molecule has 1 aliphatic rings. The van der Waals surface area contributed by atoms with Gasteiger partial charge in [-0.25, -0.2) is 4.39 Å². The second kappa shape index (κ2) is 5.43. The zero-order valence-electron chi connectivity index (χ0n) is 13.0. The van der Waals surface area contributed by atoms with Crippen LogP contribution in [0.1, 0.15) is 28.3 Å². The standard InChI is InChI=1S/C19H13FN4/c1-3-13-8-9-17-15(10-13)19(14-6-4-5-7-16(14)20)21-11-18-23-22-12(2)24(17)18/h1,4-10H,11H2,2H3. The van der Waals surface area contributed by atoms with Gasteiger partial charge in [-0.2, -0.15) is 0 Å². The zero-order chi connectivity index (χ0) is 16.7. The monoisotopic (exact) mass is 316 g/mol. The molecule has 0 fully saturated rings. The van der Waals surface area contributed by atoms with Crippen LogP contribution in [0.15, 0.2) is 47.5 Å². The number of benzene rings is 2. The van der Waals surface area contributed by atoms with Gasteiger partial charge in [0.15, 0.2) is 5.82 Å². The van der Waals surface area contributed by atoms with E-state index in [1.165, 1.54) is 6.07 Å². The van der Waals surface area contributed by atoms with E-state index in [-0.39, 0.29) is 5.82 Å². The van der Waals surface area contributed by atoms with Crippen LogP contribution in [0.5, 0.6) is 0 Å². The number of hydrogen-bond donors (Lipinski definition) is 0. The summed E-state index contributed by atoms with van der Waals surface area (Å²) < 4.78 is 16.3. The number of terminal acetylenes is 1. The fourth-order valence-electron chi connectivity index (χ4n) is 2.95. The van der Waals surface area contributed by atoms with Gasteiger partial charge in [0.25, 0.3) is 0 Å². The smallest absolute Gasteiger partial charge is 0.159 e. The Morgan fingerprint density at radius 1 is 1.12 bits per heavy atom. The Morgan fingerprint density at radius 2 is 1.96 bits per heavy atom. The van der Waals surface area contributed by atoms with Crippen LogP contribution in [-0.4, -0.2) is 20.5 Å². The van der Waals surface area contributed by atoms with E-state index in [9.17, 15) is 4.39 Å². The molecule has 4 nitrogen and oxygen atoms in total. The van der Waals surface area contributed by atoms with Crippen LogP contribution in [0.3, 0.4) is 0 Å². The molecule has 0 amide bonds. The third-order valence-electron chi connectivity index (χ3n) is 4.06. The molecule has 0 atom stereocenters. The van der Waals surface area contributed by atoms with Gasteiger partial charge in [-0.05, 0) is 37.3 Å². The molecule has 2 heterocycles. The molecule has 24 heavy (non-hydrogen) atoms. The van der Waals surface area contributed by atoms with E-state index in [1.807, 2.05) is 29.7 Å². The Balaban J connectivity index is 2.04. The highest BCUT2D eigenvalue weighted by Crippen LogP contribution is 2.27. The van der Waals surface area contributed by atoms with Crippen LogP contribution < -0.4 is 0 Å². The summed E-state index contributed by atoms with van der Waals surface area (Å²) in [5.74, 6) is 3.78. The van der Waals surface area contributed by atoms with E-state index in [1.54, 1.807) is 18.2 Å². The quantitative estimate of drug-likeness (QED) is 0.648. The molecule has 0 N–H and O–H groups in total. The van der Waals surface area contributed by atoms with Gasteiger partial charge >= 0.3 is 0 Å². The van der Waals surface area contributed by atoms with Crippen LogP contribution in [0.2, 0.25) is 0 Å². The van der Waals surface area contributed by atoms with Gasteiger partial charge in [-0.15, -0.1) is 16.6 Å². The number of rotatable bonds is 1. The zero-order valence-corrected chi connectivity index (χ0v) is 13.0. The average Bonchev–Trinajstić information content (AvgIpc) is 2.88. The second-order valence-corrected chi connectivity index (χ2v) is 5.52. The molecule has 0 spiro atoms.